The Hall–Kier alpha value is -2.55. The molecule has 0 bridgehead atoms. The predicted molar refractivity (Wildman–Crippen MR) is 120 cm³/mol. The van der Waals surface area contributed by atoms with Crippen LogP contribution in [0, 0.1) is 6.92 Å². The average molecular weight is 441 g/mol. The molecule has 0 aliphatic carbocycles. The van der Waals surface area contributed by atoms with Crippen molar-refractivity contribution in [2.45, 2.75) is 44.9 Å². The third kappa shape index (κ3) is 3.91. The molecule has 9 heteroatoms. The van der Waals surface area contributed by atoms with Crippen molar-refractivity contribution >= 4 is 22.8 Å². The molecule has 0 aromatic carbocycles. The first kappa shape index (κ1) is 20.4. The largest absolute Gasteiger partial charge is 0.310 e. The Balaban J connectivity index is 1.21. The number of likely N-dealkylation sites (tertiary alicyclic amines) is 1. The van der Waals surface area contributed by atoms with Crippen molar-refractivity contribution in [2.24, 2.45) is 0 Å². The number of hydrogen-bond acceptors (Lipinski definition) is 6. The van der Waals surface area contributed by atoms with Crippen LogP contribution in [-0.4, -0.2) is 49.7 Å². The Morgan fingerprint density at radius 3 is 2.71 bits per heavy atom. The van der Waals surface area contributed by atoms with Crippen LogP contribution in [0.2, 0.25) is 5.02 Å². The highest BCUT2D eigenvalue weighted by Crippen LogP contribution is 2.24. The Kier molecular flexibility index (Phi) is 5.37. The maximum Gasteiger partial charge on any atom is 0.270 e. The van der Waals surface area contributed by atoms with Crippen LogP contribution in [0.15, 0.2) is 40.2 Å². The number of aromatic nitrogens is 4. The van der Waals surface area contributed by atoms with Gasteiger partial charge in [0.2, 0.25) is 0 Å². The first-order valence-electron chi connectivity index (χ1n) is 10.7. The molecule has 5 heterocycles. The molecule has 1 fully saturated rings. The Labute approximate surface area is 184 Å². The lowest BCUT2D eigenvalue weighted by Gasteiger charge is -2.34. The van der Waals surface area contributed by atoms with E-state index in [1.807, 2.05) is 19.2 Å². The van der Waals surface area contributed by atoms with Crippen molar-refractivity contribution in [2.75, 3.05) is 19.6 Å². The van der Waals surface area contributed by atoms with E-state index >= 15 is 0 Å². The topological polar surface area (TPSA) is 85.1 Å². The number of pyridine rings is 2. The molecule has 31 heavy (non-hydrogen) atoms. The second-order valence-corrected chi connectivity index (χ2v) is 8.89. The number of halogens is 1. The maximum absolute atomic E-state index is 12.6. The fourth-order valence-electron chi connectivity index (χ4n) is 4.68. The van der Waals surface area contributed by atoms with Gasteiger partial charge in [0.05, 0.1) is 23.0 Å². The molecule has 0 saturated carbocycles. The van der Waals surface area contributed by atoms with E-state index in [0.29, 0.717) is 28.8 Å². The van der Waals surface area contributed by atoms with Gasteiger partial charge in [-0.05, 0) is 50.6 Å². The summed E-state index contributed by atoms with van der Waals surface area (Å²) in [6, 6.07) is 5.61. The zero-order chi connectivity index (χ0) is 21.5. The molecule has 0 radical (unpaired) electrons. The summed E-state index contributed by atoms with van der Waals surface area (Å²) in [7, 11) is 0. The lowest BCUT2D eigenvalue weighted by Crippen LogP contribution is -2.44. The predicted octanol–water partition coefficient (Wildman–Crippen LogP) is 1.72. The molecule has 1 atom stereocenters. The Bertz CT molecular complexity index is 1240. The smallest absolute Gasteiger partial charge is 0.270 e. The molecule has 1 unspecified atom stereocenters. The van der Waals surface area contributed by atoms with E-state index < -0.39 is 0 Å². The second kappa shape index (κ2) is 8.18. The number of nitrogens with zero attached hydrogens (tertiary/aromatic N) is 5. The van der Waals surface area contributed by atoms with Crippen molar-refractivity contribution in [1.29, 1.82) is 0 Å². The van der Waals surface area contributed by atoms with Crippen molar-refractivity contribution in [1.82, 2.24) is 29.3 Å². The van der Waals surface area contributed by atoms with E-state index in [9.17, 15) is 9.59 Å². The fraction of sp³-hybridized carbons (Fsp3) is 0.455. The van der Waals surface area contributed by atoms with E-state index in [4.69, 9.17) is 11.6 Å². The van der Waals surface area contributed by atoms with Gasteiger partial charge in [0.25, 0.3) is 11.1 Å². The number of aryl methyl sites for hydroxylation is 1. The summed E-state index contributed by atoms with van der Waals surface area (Å²) in [6.07, 6.45) is 5.28. The van der Waals surface area contributed by atoms with Crippen LogP contribution in [0.25, 0.3) is 11.2 Å². The van der Waals surface area contributed by atoms with Gasteiger partial charge in [0.15, 0.2) is 0 Å². The summed E-state index contributed by atoms with van der Waals surface area (Å²) in [5, 5.41) is 4.31. The van der Waals surface area contributed by atoms with Crippen LogP contribution in [0.4, 0.5) is 0 Å². The third-order valence-corrected chi connectivity index (χ3v) is 6.79. The van der Waals surface area contributed by atoms with E-state index in [1.54, 1.807) is 21.3 Å². The molecular weight excluding hydrogens is 416 g/mol. The number of rotatable bonds is 5. The van der Waals surface area contributed by atoms with Crippen LogP contribution < -0.4 is 16.4 Å². The molecule has 0 amide bonds. The lowest BCUT2D eigenvalue weighted by atomic mass is 10.0. The summed E-state index contributed by atoms with van der Waals surface area (Å²) in [6.45, 7) is 5.84. The van der Waals surface area contributed by atoms with Crippen molar-refractivity contribution in [3.05, 3.63) is 67.6 Å². The minimum absolute atomic E-state index is 0.0432. The van der Waals surface area contributed by atoms with E-state index in [1.165, 1.54) is 6.20 Å². The molecule has 1 saturated heterocycles. The first-order valence-corrected chi connectivity index (χ1v) is 11.1. The molecule has 3 aromatic heterocycles. The summed E-state index contributed by atoms with van der Waals surface area (Å²) in [4.78, 5) is 35.7. The van der Waals surface area contributed by atoms with Gasteiger partial charge < -0.3 is 10.2 Å². The van der Waals surface area contributed by atoms with Crippen LogP contribution in [-0.2, 0) is 13.1 Å². The van der Waals surface area contributed by atoms with E-state index in [0.717, 1.165) is 50.3 Å². The van der Waals surface area contributed by atoms with Gasteiger partial charge in [0, 0.05) is 37.9 Å². The van der Waals surface area contributed by atoms with Crippen LogP contribution >= 0.6 is 11.6 Å². The minimum Gasteiger partial charge on any atom is -0.310 e. The summed E-state index contributed by atoms with van der Waals surface area (Å²) in [5.41, 5.74) is 3.05. The summed E-state index contributed by atoms with van der Waals surface area (Å²) >= 11 is 6.17. The second-order valence-electron chi connectivity index (χ2n) is 8.48. The zero-order valence-corrected chi connectivity index (χ0v) is 18.2. The molecule has 3 aromatic rings. The van der Waals surface area contributed by atoms with Gasteiger partial charge in [-0.15, -0.1) is 0 Å². The highest BCUT2D eigenvalue weighted by atomic mass is 35.5. The van der Waals surface area contributed by atoms with Gasteiger partial charge in [-0.1, -0.05) is 11.6 Å². The molecule has 5 rings (SSSR count). The molecule has 2 aliphatic heterocycles. The molecular formula is C22H25ClN6O2. The van der Waals surface area contributed by atoms with Crippen molar-refractivity contribution < 1.29 is 0 Å². The van der Waals surface area contributed by atoms with Gasteiger partial charge >= 0.3 is 0 Å². The minimum atomic E-state index is -0.150. The monoisotopic (exact) mass is 440 g/mol. The molecule has 8 nitrogen and oxygen atoms in total. The SMILES string of the molecule is Cc1ncc(CNC2CCN(CC3Cn4c(=O)cnc5ccc(=O)n3c54)CC2)cc1Cl. The lowest BCUT2D eigenvalue weighted by molar-refractivity contribution is 0.171. The van der Waals surface area contributed by atoms with Crippen LogP contribution in [0.1, 0.15) is 30.1 Å². The number of piperidine rings is 1. The normalized spacial score (nSPS) is 19.4. The average Bonchev–Trinajstić information content (AvgIpc) is 3.15. The maximum atomic E-state index is 12.6. The molecule has 1 N–H and O–H groups in total. The zero-order valence-electron chi connectivity index (χ0n) is 17.4. The van der Waals surface area contributed by atoms with Gasteiger partial charge in [-0.3, -0.25) is 23.7 Å². The third-order valence-electron chi connectivity index (χ3n) is 6.41. The quantitative estimate of drug-likeness (QED) is 0.650. The van der Waals surface area contributed by atoms with Crippen LogP contribution in [0.5, 0.6) is 0 Å². The van der Waals surface area contributed by atoms with E-state index in [2.05, 4.69) is 20.2 Å². The van der Waals surface area contributed by atoms with E-state index in [-0.39, 0.29) is 17.2 Å². The van der Waals surface area contributed by atoms with Crippen LogP contribution in [0.3, 0.4) is 0 Å². The Morgan fingerprint density at radius 2 is 1.94 bits per heavy atom. The van der Waals surface area contributed by atoms with Crippen molar-refractivity contribution in [3.63, 3.8) is 0 Å². The highest BCUT2D eigenvalue weighted by molar-refractivity contribution is 6.31. The molecule has 2 aliphatic rings. The fourth-order valence-corrected chi connectivity index (χ4v) is 4.87. The van der Waals surface area contributed by atoms with Gasteiger partial charge in [-0.25, -0.2) is 4.98 Å². The summed E-state index contributed by atoms with van der Waals surface area (Å²) < 4.78 is 3.44. The summed E-state index contributed by atoms with van der Waals surface area (Å²) in [5.74, 6) is 0. The van der Waals surface area contributed by atoms with Gasteiger partial charge in [-0.2, -0.15) is 0 Å². The number of hydrogen-bond donors (Lipinski definition) is 1. The molecule has 0 spiro atoms. The Morgan fingerprint density at radius 1 is 1.13 bits per heavy atom. The first-order chi connectivity index (χ1) is 15.0. The van der Waals surface area contributed by atoms with Crippen molar-refractivity contribution in [3.8, 4) is 0 Å². The van der Waals surface area contributed by atoms with Gasteiger partial charge in [0.1, 0.15) is 11.2 Å². The highest BCUT2D eigenvalue weighted by Gasteiger charge is 2.29. The standard InChI is InChI=1S/C22H25ClN6O2/c1-14-18(23)8-15(9-24-14)10-25-16-4-6-27(7-5-16)12-17-13-28-21(31)11-26-19-2-3-20(30)29(17)22(19)28/h2-3,8-9,11,16-17,25H,4-7,10,12-13H2,1H3. The number of nitrogens with one attached hydrogen (secondary N) is 1. The molecule has 162 valence electrons.